The van der Waals surface area contributed by atoms with E-state index in [1.165, 1.54) is 31.4 Å². The highest BCUT2D eigenvalue weighted by Crippen LogP contribution is 2.34. The third kappa shape index (κ3) is 2.06. The normalized spacial score (nSPS) is 26.9. The Bertz CT molecular complexity index is 608. The van der Waals surface area contributed by atoms with Crippen LogP contribution in [0.3, 0.4) is 0 Å². The predicted molar refractivity (Wildman–Crippen MR) is 78.8 cm³/mol. The fraction of sp³-hybridized carbons (Fsp3) is 0.600. The molecule has 0 aromatic carbocycles. The standard InChI is InChI=1S/C15H21N5/c16-11-7-12(8-11)18-15-9-13(10-3-1-2-4-10)19-14-5-6-17-20(14)15/h5-6,9-12,18H,1-4,7-8,16H2. The number of nitrogens with zero attached hydrogens (tertiary/aromatic N) is 3. The van der Waals surface area contributed by atoms with Crippen LogP contribution in [0.5, 0.6) is 0 Å². The van der Waals surface area contributed by atoms with Crippen LogP contribution in [0.25, 0.3) is 5.65 Å². The van der Waals surface area contributed by atoms with Crippen LogP contribution in [0, 0.1) is 0 Å². The van der Waals surface area contributed by atoms with Gasteiger partial charge in [-0.05, 0) is 25.7 Å². The minimum Gasteiger partial charge on any atom is -0.367 e. The second-order valence-electron chi connectivity index (χ2n) is 6.22. The number of aromatic nitrogens is 3. The van der Waals surface area contributed by atoms with E-state index in [9.17, 15) is 0 Å². The minimum atomic E-state index is 0.358. The van der Waals surface area contributed by atoms with Crippen LogP contribution in [0.2, 0.25) is 0 Å². The Balaban J connectivity index is 1.67. The summed E-state index contributed by atoms with van der Waals surface area (Å²) in [7, 11) is 0. The zero-order chi connectivity index (χ0) is 13.5. The molecule has 5 heteroatoms. The largest absolute Gasteiger partial charge is 0.367 e. The molecule has 2 aliphatic carbocycles. The van der Waals surface area contributed by atoms with E-state index in [0.717, 1.165) is 24.3 Å². The van der Waals surface area contributed by atoms with E-state index in [1.807, 2.05) is 16.8 Å². The molecule has 0 saturated heterocycles. The Kier molecular flexibility index (Phi) is 2.88. The number of rotatable bonds is 3. The summed E-state index contributed by atoms with van der Waals surface area (Å²) in [5.41, 5.74) is 8.04. The van der Waals surface area contributed by atoms with Crippen molar-refractivity contribution >= 4 is 11.5 Å². The van der Waals surface area contributed by atoms with Crippen molar-refractivity contribution in [1.29, 1.82) is 0 Å². The van der Waals surface area contributed by atoms with E-state index in [2.05, 4.69) is 16.5 Å². The van der Waals surface area contributed by atoms with Gasteiger partial charge in [0.25, 0.3) is 0 Å². The molecule has 106 valence electrons. The third-order valence-electron chi connectivity index (χ3n) is 4.68. The molecule has 5 nitrogen and oxygen atoms in total. The molecule has 20 heavy (non-hydrogen) atoms. The van der Waals surface area contributed by atoms with Crippen LogP contribution in [0.15, 0.2) is 18.3 Å². The molecule has 2 aromatic rings. The molecule has 0 radical (unpaired) electrons. The summed E-state index contributed by atoms with van der Waals surface area (Å²) in [6.07, 6.45) is 9.11. The number of hydrogen-bond donors (Lipinski definition) is 2. The molecule has 0 atom stereocenters. The van der Waals surface area contributed by atoms with Crippen molar-refractivity contribution in [2.75, 3.05) is 5.32 Å². The van der Waals surface area contributed by atoms with Gasteiger partial charge in [-0.2, -0.15) is 9.61 Å². The lowest BCUT2D eigenvalue weighted by atomic mass is 9.87. The summed E-state index contributed by atoms with van der Waals surface area (Å²) in [6.45, 7) is 0. The Labute approximate surface area is 118 Å². The number of fused-ring (bicyclic) bond motifs is 1. The molecule has 0 amide bonds. The lowest BCUT2D eigenvalue weighted by Gasteiger charge is -2.33. The van der Waals surface area contributed by atoms with Crippen molar-refractivity contribution in [2.24, 2.45) is 5.73 Å². The monoisotopic (exact) mass is 271 g/mol. The van der Waals surface area contributed by atoms with Crippen LogP contribution in [0.1, 0.15) is 50.1 Å². The minimum absolute atomic E-state index is 0.358. The van der Waals surface area contributed by atoms with E-state index in [-0.39, 0.29) is 0 Å². The number of nitrogens with one attached hydrogen (secondary N) is 1. The first-order chi connectivity index (χ1) is 9.79. The quantitative estimate of drug-likeness (QED) is 0.898. The maximum Gasteiger partial charge on any atom is 0.157 e. The number of nitrogens with two attached hydrogens (primary N) is 1. The maximum atomic E-state index is 5.87. The average molecular weight is 271 g/mol. The van der Waals surface area contributed by atoms with E-state index < -0.39 is 0 Å². The molecule has 0 spiro atoms. The Hall–Kier alpha value is -1.62. The highest BCUT2D eigenvalue weighted by Gasteiger charge is 2.27. The first-order valence-corrected chi connectivity index (χ1v) is 7.66. The zero-order valence-corrected chi connectivity index (χ0v) is 11.6. The predicted octanol–water partition coefficient (Wildman–Crippen LogP) is 2.29. The summed E-state index contributed by atoms with van der Waals surface area (Å²) >= 11 is 0. The first-order valence-electron chi connectivity index (χ1n) is 7.66. The van der Waals surface area contributed by atoms with Crippen LogP contribution in [-0.2, 0) is 0 Å². The maximum absolute atomic E-state index is 5.87. The Morgan fingerprint density at radius 1 is 1.25 bits per heavy atom. The van der Waals surface area contributed by atoms with Crippen molar-refractivity contribution in [3.8, 4) is 0 Å². The van der Waals surface area contributed by atoms with Gasteiger partial charge < -0.3 is 11.1 Å². The SMILES string of the molecule is NC1CC(Nc2cc(C3CCCC3)nc3ccnn23)C1. The van der Waals surface area contributed by atoms with Gasteiger partial charge >= 0.3 is 0 Å². The van der Waals surface area contributed by atoms with Gasteiger partial charge in [0, 0.05) is 35.8 Å². The molecule has 2 aliphatic rings. The molecular formula is C15H21N5. The van der Waals surface area contributed by atoms with Crippen LogP contribution in [0.4, 0.5) is 5.82 Å². The van der Waals surface area contributed by atoms with E-state index in [0.29, 0.717) is 18.0 Å². The summed E-state index contributed by atoms with van der Waals surface area (Å²) < 4.78 is 1.91. The topological polar surface area (TPSA) is 68.2 Å². The second kappa shape index (κ2) is 4.74. The number of hydrogen-bond acceptors (Lipinski definition) is 4. The Morgan fingerprint density at radius 2 is 2.05 bits per heavy atom. The van der Waals surface area contributed by atoms with Gasteiger partial charge in [-0.25, -0.2) is 4.98 Å². The van der Waals surface area contributed by atoms with Gasteiger partial charge in [-0.1, -0.05) is 12.8 Å². The lowest BCUT2D eigenvalue weighted by Crippen LogP contribution is -2.44. The molecule has 2 aromatic heterocycles. The van der Waals surface area contributed by atoms with Gasteiger partial charge in [-0.3, -0.25) is 0 Å². The van der Waals surface area contributed by atoms with Crippen molar-refractivity contribution in [3.05, 3.63) is 24.0 Å². The van der Waals surface area contributed by atoms with Crippen LogP contribution in [-0.4, -0.2) is 26.7 Å². The fourth-order valence-electron chi connectivity index (χ4n) is 3.45. The van der Waals surface area contributed by atoms with E-state index in [4.69, 9.17) is 10.7 Å². The summed E-state index contributed by atoms with van der Waals surface area (Å²) in [5, 5.41) is 7.96. The summed E-state index contributed by atoms with van der Waals surface area (Å²) in [6, 6.07) is 5.02. The van der Waals surface area contributed by atoms with Crippen LogP contribution >= 0.6 is 0 Å². The molecule has 3 N–H and O–H groups in total. The Morgan fingerprint density at radius 3 is 2.80 bits per heavy atom. The van der Waals surface area contributed by atoms with Gasteiger partial charge in [0.15, 0.2) is 5.65 Å². The zero-order valence-electron chi connectivity index (χ0n) is 11.6. The molecule has 4 rings (SSSR count). The van der Waals surface area contributed by atoms with E-state index >= 15 is 0 Å². The van der Waals surface area contributed by atoms with Gasteiger partial charge in [-0.15, -0.1) is 0 Å². The van der Waals surface area contributed by atoms with Crippen LogP contribution < -0.4 is 11.1 Å². The van der Waals surface area contributed by atoms with Gasteiger partial charge in [0.2, 0.25) is 0 Å². The molecule has 2 fully saturated rings. The van der Waals surface area contributed by atoms with Gasteiger partial charge in [0.1, 0.15) is 5.82 Å². The van der Waals surface area contributed by atoms with Crippen molar-refractivity contribution in [1.82, 2.24) is 14.6 Å². The third-order valence-corrected chi connectivity index (χ3v) is 4.68. The molecule has 2 heterocycles. The smallest absolute Gasteiger partial charge is 0.157 e. The molecular weight excluding hydrogens is 250 g/mol. The molecule has 0 unspecified atom stereocenters. The second-order valence-corrected chi connectivity index (χ2v) is 6.22. The lowest BCUT2D eigenvalue weighted by molar-refractivity contribution is 0.372. The fourth-order valence-corrected chi connectivity index (χ4v) is 3.45. The van der Waals surface area contributed by atoms with Crippen molar-refractivity contribution in [2.45, 2.75) is 56.5 Å². The summed E-state index contributed by atoms with van der Waals surface area (Å²) in [5.74, 6) is 1.69. The summed E-state index contributed by atoms with van der Waals surface area (Å²) in [4.78, 5) is 4.78. The van der Waals surface area contributed by atoms with Crippen molar-refractivity contribution < 1.29 is 0 Å². The molecule has 2 saturated carbocycles. The highest BCUT2D eigenvalue weighted by atomic mass is 15.3. The van der Waals surface area contributed by atoms with E-state index in [1.54, 1.807) is 0 Å². The first kappa shape index (κ1) is 12.1. The number of anilines is 1. The van der Waals surface area contributed by atoms with Crippen molar-refractivity contribution in [3.63, 3.8) is 0 Å². The van der Waals surface area contributed by atoms with Gasteiger partial charge in [0.05, 0.1) is 6.20 Å². The average Bonchev–Trinajstić information content (AvgIpc) is 3.07. The highest BCUT2D eigenvalue weighted by molar-refractivity contribution is 5.50. The molecule has 0 bridgehead atoms. The molecule has 0 aliphatic heterocycles.